The zero-order chi connectivity index (χ0) is 12.3. The van der Waals surface area contributed by atoms with E-state index in [9.17, 15) is 4.39 Å². The summed E-state index contributed by atoms with van der Waals surface area (Å²) in [5.74, 6) is 0.392. The molecule has 0 saturated carbocycles. The van der Waals surface area contributed by atoms with Gasteiger partial charge in [0.2, 0.25) is 0 Å². The number of halogens is 2. The van der Waals surface area contributed by atoms with E-state index in [2.05, 4.69) is 22.9 Å². The molecule has 1 saturated heterocycles. The quantitative estimate of drug-likeness (QED) is 0.765. The van der Waals surface area contributed by atoms with Crippen molar-refractivity contribution in [1.82, 2.24) is 0 Å². The van der Waals surface area contributed by atoms with E-state index in [-0.39, 0.29) is 5.82 Å². The molecule has 17 heavy (non-hydrogen) atoms. The van der Waals surface area contributed by atoms with Crippen LogP contribution in [-0.2, 0) is 11.2 Å². The first-order chi connectivity index (χ1) is 8.22. The van der Waals surface area contributed by atoms with Crippen molar-refractivity contribution >= 4 is 15.9 Å². The van der Waals surface area contributed by atoms with Crippen molar-refractivity contribution in [2.45, 2.75) is 37.1 Å². The average Bonchev–Trinajstić information content (AvgIpc) is 2.80. The standard InChI is InChI=1S/C14H18BrFO/c1-2-14-11(7-8-17-14)12(15)9-10-5-3-4-6-13(10)16/h3-6,11-12,14H,2,7-9H2,1H3. The van der Waals surface area contributed by atoms with E-state index >= 15 is 0 Å². The van der Waals surface area contributed by atoms with Gasteiger partial charge in [-0.25, -0.2) is 4.39 Å². The van der Waals surface area contributed by atoms with Crippen LogP contribution >= 0.6 is 15.9 Å². The first-order valence-electron chi connectivity index (χ1n) is 6.21. The normalized spacial score (nSPS) is 26.1. The molecule has 0 bridgehead atoms. The summed E-state index contributed by atoms with van der Waals surface area (Å²) in [6.07, 6.45) is 3.16. The van der Waals surface area contributed by atoms with Crippen molar-refractivity contribution in [3.8, 4) is 0 Å². The van der Waals surface area contributed by atoms with Crippen LogP contribution in [0.4, 0.5) is 4.39 Å². The van der Waals surface area contributed by atoms with Crippen molar-refractivity contribution in [3.05, 3.63) is 35.6 Å². The van der Waals surface area contributed by atoms with Gasteiger partial charge in [0.15, 0.2) is 0 Å². The second-order valence-corrected chi connectivity index (χ2v) is 5.76. The fourth-order valence-electron chi connectivity index (χ4n) is 2.52. The summed E-state index contributed by atoms with van der Waals surface area (Å²) in [5, 5.41) is 0. The molecule has 3 unspecified atom stereocenters. The zero-order valence-corrected chi connectivity index (χ0v) is 11.6. The maximum absolute atomic E-state index is 13.6. The minimum atomic E-state index is -0.107. The summed E-state index contributed by atoms with van der Waals surface area (Å²) in [7, 11) is 0. The summed E-state index contributed by atoms with van der Waals surface area (Å²) >= 11 is 3.71. The second kappa shape index (κ2) is 5.96. The molecule has 0 amide bonds. The second-order valence-electron chi connectivity index (χ2n) is 4.58. The Labute approximate surface area is 110 Å². The van der Waals surface area contributed by atoms with E-state index in [1.165, 1.54) is 6.07 Å². The van der Waals surface area contributed by atoms with E-state index in [0.29, 0.717) is 16.8 Å². The first-order valence-corrected chi connectivity index (χ1v) is 7.13. The molecule has 3 atom stereocenters. The van der Waals surface area contributed by atoms with Crippen LogP contribution in [0, 0.1) is 11.7 Å². The monoisotopic (exact) mass is 300 g/mol. The molecule has 1 fully saturated rings. The summed E-state index contributed by atoms with van der Waals surface area (Å²) in [4.78, 5) is 0.298. The highest BCUT2D eigenvalue weighted by molar-refractivity contribution is 9.09. The Morgan fingerprint density at radius 1 is 1.47 bits per heavy atom. The molecule has 1 nitrogen and oxygen atoms in total. The molecule has 1 heterocycles. The van der Waals surface area contributed by atoms with Crippen LogP contribution in [0.5, 0.6) is 0 Å². The Hall–Kier alpha value is -0.410. The summed E-state index contributed by atoms with van der Waals surface area (Å²) in [5.41, 5.74) is 0.788. The lowest BCUT2D eigenvalue weighted by atomic mass is 9.92. The van der Waals surface area contributed by atoms with Gasteiger partial charge >= 0.3 is 0 Å². The number of hydrogen-bond acceptors (Lipinski definition) is 1. The van der Waals surface area contributed by atoms with E-state index < -0.39 is 0 Å². The lowest BCUT2D eigenvalue weighted by Crippen LogP contribution is -2.25. The van der Waals surface area contributed by atoms with Crippen molar-refractivity contribution in [2.75, 3.05) is 6.61 Å². The molecule has 1 aliphatic rings. The Balaban J connectivity index is 2.01. The molecular formula is C14H18BrFO. The molecule has 0 aliphatic carbocycles. The lowest BCUT2D eigenvalue weighted by Gasteiger charge is -2.22. The van der Waals surface area contributed by atoms with Crippen molar-refractivity contribution in [2.24, 2.45) is 5.92 Å². The maximum atomic E-state index is 13.6. The number of benzene rings is 1. The molecule has 0 N–H and O–H groups in total. The van der Waals surface area contributed by atoms with Crippen LogP contribution in [0.1, 0.15) is 25.3 Å². The third-order valence-electron chi connectivity index (χ3n) is 3.50. The molecule has 0 spiro atoms. The predicted octanol–water partition coefficient (Wildman–Crippen LogP) is 3.95. The molecule has 0 aromatic heterocycles. The molecule has 1 aliphatic heterocycles. The summed E-state index contributed by atoms with van der Waals surface area (Å²) < 4.78 is 19.2. The number of alkyl halides is 1. The average molecular weight is 301 g/mol. The van der Waals surface area contributed by atoms with E-state index in [1.807, 2.05) is 12.1 Å². The number of rotatable bonds is 4. The fraction of sp³-hybridized carbons (Fsp3) is 0.571. The van der Waals surface area contributed by atoms with Gasteiger partial charge in [-0.05, 0) is 30.9 Å². The molecule has 1 aromatic carbocycles. The molecule has 94 valence electrons. The maximum Gasteiger partial charge on any atom is 0.126 e. The fourth-order valence-corrected chi connectivity index (χ4v) is 3.48. The van der Waals surface area contributed by atoms with Gasteiger partial charge in [0.05, 0.1) is 6.10 Å². The van der Waals surface area contributed by atoms with Crippen LogP contribution in [0.3, 0.4) is 0 Å². The van der Waals surface area contributed by atoms with E-state index in [1.54, 1.807) is 6.07 Å². The number of hydrogen-bond donors (Lipinski definition) is 0. The molecule has 3 heteroatoms. The van der Waals surface area contributed by atoms with Crippen molar-refractivity contribution in [3.63, 3.8) is 0 Å². The van der Waals surface area contributed by atoms with Gasteiger partial charge in [0.1, 0.15) is 5.82 Å². The largest absolute Gasteiger partial charge is 0.378 e. The highest BCUT2D eigenvalue weighted by Crippen LogP contribution is 2.32. The molecule has 0 radical (unpaired) electrons. The topological polar surface area (TPSA) is 9.23 Å². The van der Waals surface area contributed by atoms with Crippen LogP contribution in [0.15, 0.2) is 24.3 Å². The predicted molar refractivity (Wildman–Crippen MR) is 71.0 cm³/mol. The zero-order valence-electron chi connectivity index (χ0n) is 10.0. The van der Waals surface area contributed by atoms with Gasteiger partial charge in [-0.1, -0.05) is 41.1 Å². The molecule has 2 rings (SSSR count). The third-order valence-corrected chi connectivity index (χ3v) is 4.50. The van der Waals surface area contributed by atoms with E-state index in [0.717, 1.165) is 31.4 Å². The van der Waals surface area contributed by atoms with Crippen LogP contribution < -0.4 is 0 Å². The van der Waals surface area contributed by atoms with Crippen LogP contribution in [-0.4, -0.2) is 17.5 Å². The SMILES string of the molecule is CCC1OCCC1C(Br)Cc1ccccc1F. The first kappa shape index (κ1) is 13.0. The van der Waals surface area contributed by atoms with Gasteiger partial charge in [-0.2, -0.15) is 0 Å². The summed E-state index contributed by atoms with van der Waals surface area (Å²) in [6.45, 7) is 2.98. The number of ether oxygens (including phenoxy) is 1. The van der Waals surface area contributed by atoms with Gasteiger partial charge < -0.3 is 4.74 Å². The van der Waals surface area contributed by atoms with Gasteiger partial charge in [0, 0.05) is 17.4 Å². The van der Waals surface area contributed by atoms with Crippen LogP contribution in [0.25, 0.3) is 0 Å². The Morgan fingerprint density at radius 3 is 2.94 bits per heavy atom. The highest BCUT2D eigenvalue weighted by Gasteiger charge is 2.32. The molecular weight excluding hydrogens is 283 g/mol. The highest BCUT2D eigenvalue weighted by atomic mass is 79.9. The van der Waals surface area contributed by atoms with Crippen LogP contribution in [0.2, 0.25) is 0 Å². The minimum Gasteiger partial charge on any atom is -0.378 e. The Morgan fingerprint density at radius 2 is 2.24 bits per heavy atom. The summed E-state index contributed by atoms with van der Waals surface area (Å²) in [6, 6.07) is 7.01. The van der Waals surface area contributed by atoms with Gasteiger partial charge in [-0.3, -0.25) is 0 Å². The Kier molecular flexibility index (Phi) is 4.57. The Bertz CT molecular complexity index is 369. The van der Waals surface area contributed by atoms with Crippen molar-refractivity contribution < 1.29 is 9.13 Å². The third kappa shape index (κ3) is 3.08. The molecule has 1 aromatic rings. The van der Waals surface area contributed by atoms with Crippen molar-refractivity contribution in [1.29, 1.82) is 0 Å². The van der Waals surface area contributed by atoms with E-state index in [4.69, 9.17) is 4.74 Å². The van der Waals surface area contributed by atoms with Gasteiger partial charge in [-0.15, -0.1) is 0 Å². The smallest absolute Gasteiger partial charge is 0.126 e. The lowest BCUT2D eigenvalue weighted by molar-refractivity contribution is 0.0872. The minimum absolute atomic E-state index is 0.107. The van der Waals surface area contributed by atoms with Gasteiger partial charge in [0.25, 0.3) is 0 Å².